The van der Waals surface area contributed by atoms with Crippen LogP contribution in [0.2, 0.25) is 0 Å². The number of carboxylic acids is 1. The molecule has 0 aliphatic carbocycles. The fourth-order valence-electron chi connectivity index (χ4n) is 4.55. The number of benzene rings is 3. The van der Waals surface area contributed by atoms with Gasteiger partial charge in [0.1, 0.15) is 11.6 Å². The number of alkyl halides is 3. The van der Waals surface area contributed by atoms with Gasteiger partial charge in [-0.05, 0) is 66.4 Å². The summed E-state index contributed by atoms with van der Waals surface area (Å²) in [4.78, 5) is 35.3. The zero-order valence-electron chi connectivity index (χ0n) is 23.3. The van der Waals surface area contributed by atoms with Gasteiger partial charge in [-0.15, -0.1) is 0 Å². The highest BCUT2D eigenvalue weighted by atomic mass is 19.4. The van der Waals surface area contributed by atoms with Crippen LogP contribution in [0, 0.1) is 5.82 Å². The lowest BCUT2D eigenvalue weighted by Crippen LogP contribution is -2.48. The molecule has 0 aromatic heterocycles. The van der Waals surface area contributed by atoms with Crippen molar-refractivity contribution < 1.29 is 37.1 Å². The molecule has 1 amide bonds. The summed E-state index contributed by atoms with van der Waals surface area (Å²) < 4.78 is 46.5. The summed E-state index contributed by atoms with van der Waals surface area (Å²) >= 11 is 0. The highest BCUT2D eigenvalue weighted by Gasteiger charge is 2.38. The van der Waals surface area contributed by atoms with E-state index in [2.05, 4.69) is 28.5 Å². The largest absolute Gasteiger partial charge is 0.490 e. The van der Waals surface area contributed by atoms with Crippen LogP contribution in [0.4, 0.5) is 17.6 Å². The number of halogens is 4. The first-order chi connectivity index (χ1) is 19.8. The number of hydrogen-bond acceptors (Lipinski definition) is 5. The lowest BCUT2D eigenvalue weighted by Gasteiger charge is -2.31. The van der Waals surface area contributed by atoms with Gasteiger partial charge in [0.05, 0.1) is 0 Å². The molecule has 0 unspecified atom stereocenters. The molecule has 1 saturated heterocycles. The number of nitrogens with zero attached hydrogens (tertiary/aromatic N) is 1. The third-order valence-electron chi connectivity index (χ3n) is 6.47. The lowest BCUT2D eigenvalue weighted by atomic mass is 10.00. The number of Topliss-reactive ketones (excluding diaryl/α,β-unsaturated/α-hetero) is 1. The van der Waals surface area contributed by atoms with Crippen molar-refractivity contribution >= 4 is 17.7 Å². The van der Waals surface area contributed by atoms with Crippen molar-refractivity contribution in [1.82, 2.24) is 15.5 Å². The van der Waals surface area contributed by atoms with Gasteiger partial charge in [0.25, 0.3) is 5.91 Å². The van der Waals surface area contributed by atoms with Gasteiger partial charge in [-0.1, -0.05) is 36.4 Å². The van der Waals surface area contributed by atoms with Crippen LogP contribution in [0.5, 0.6) is 0 Å². The van der Waals surface area contributed by atoms with E-state index < -0.39 is 12.1 Å². The van der Waals surface area contributed by atoms with Crippen LogP contribution in [0.25, 0.3) is 11.1 Å². The summed E-state index contributed by atoms with van der Waals surface area (Å²) in [5, 5.41) is 13.5. The molecule has 0 radical (unpaired) electrons. The molecular formula is C31H33F4N3O4. The van der Waals surface area contributed by atoms with E-state index in [4.69, 9.17) is 9.90 Å². The molecular weight excluding hydrogens is 554 g/mol. The second kappa shape index (κ2) is 14.7. The molecule has 42 heavy (non-hydrogen) atoms. The molecule has 3 N–H and O–H groups in total. The monoisotopic (exact) mass is 587 g/mol. The Hall–Kier alpha value is -4.09. The van der Waals surface area contributed by atoms with Gasteiger partial charge in [0.2, 0.25) is 0 Å². The molecule has 0 saturated carbocycles. The summed E-state index contributed by atoms with van der Waals surface area (Å²) in [5.74, 6) is -3.22. The van der Waals surface area contributed by atoms with Crippen LogP contribution < -0.4 is 10.6 Å². The van der Waals surface area contributed by atoms with Crippen LogP contribution in [0.15, 0.2) is 66.7 Å². The maximum atomic E-state index is 14.8. The van der Waals surface area contributed by atoms with Crippen molar-refractivity contribution in [2.45, 2.75) is 45.6 Å². The Morgan fingerprint density at radius 3 is 2.36 bits per heavy atom. The van der Waals surface area contributed by atoms with Crippen molar-refractivity contribution in [1.29, 1.82) is 0 Å². The van der Waals surface area contributed by atoms with Crippen molar-refractivity contribution in [3.63, 3.8) is 0 Å². The van der Waals surface area contributed by atoms with Crippen molar-refractivity contribution in [3.8, 4) is 11.1 Å². The van der Waals surface area contributed by atoms with Gasteiger partial charge in [0, 0.05) is 56.3 Å². The third kappa shape index (κ3) is 10.1. The predicted molar refractivity (Wildman–Crippen MR) is 150 cm³/mol. The molecule has 4 rings (SSSR count). The normalized spacial score (nSPS) is 15.3. The first kappa shape index (κ1) is 32.4. The summed E-state index contributed by atoms with van der Waals surface area (Å²) in [7, 11) is 0. The number of aliphatic carboxylic acids is 1. The Balaban J connectivity index is 0.000000616. The maximum absolute atomic E-state index is 14.8. The smallest absolute Gasteiger partial charge is 0.475 e. The summed E-state index contributed by atoms with van der Waals surface area (Å²) in [6.45, 7) is 7.79. The Morgan fingerprint density at radius 2 is 1.69 bits per heavy atom. The molecule has 7 nitrogen and oxygen atoms in total. The summed E-state index contributed by atoms with van der Waals surface area (Å²) in [6, 6.07) is 20.5. The standard InChI is InChI=1S/C29H32FN3O2.C2HF3O2/c1-20-18-33(12-11-31-20)19-24-6-4-7-25(15-24)27-16-23(9-10-28(27)30)17-32-29(35)26-8-3-5-22(14-26)13-21(2)34;3-2(4,5)1(6)7/h3-10,14-16,20,31H,11-13,17-19H2,1-2H3,(H,32,35);(H,6,7)/t20-;/m0./s1. The Labute approximate surface area is 241 Å². The number of amides is 1. The zero-order chi connectivity index (χ0) is 30.9. The number of nitrogens with one attached hydrogen (secondary N) is 2. The number of hydrogen-bond donors (Lipinski definition) is 3. The Morgan fingerprint density at radius 1 is 1.00 bits per heavy atom. The predicted octanol–water partition coefficient (Wildman–Crippen LogP) is 4.98. The molecule has 1 aliphatic rings. The molecule has 224 valence electrons. The van der Waals surface area contributed by atoms with Gasteiger partial charge in [-0.2, -0.15) is 13.2 Å². The molecule has 1 aliphatic heterocycles. The third-order valence-corrected chi connectivity index (χ3v) is 6.47. The number of carbonyl (C=O) groups excluding carboxylic acids is 2. The Bertz CT molecular complexity index is 1410. The van der Waals surface area contributed by atoms with E-state index in [1.165, 1.54) is 13.0 Å². The minimum absolute atomic E-state index is 0.0490. The minimum atomic E-state index is -5.08. The van der Waals surface area contributed by atoms with Crippen molar-refractivity contribution in [3.05, 3.63) is 94.8 Å². The van der Waals surface area contributed by atoms with Crippen molar-refractivity contribution in [2.24, 2.45) is 0 Å². The number of rotatable bonds is 8. The van der Waals surface area contributed by atoms with E-state index in [1.807, 2.05) is 24.3 Å². The number of carboxylic acid groups (broad SMARTS) is 1. The molecule has 11 heteroatoms. The average Bonchev–Trinajstić information content (AvgIpc) is 2.92. The van der Waals surface area contributed by atoms with Gasteiger partial charge in [-0.3, -0.25) is 14.5 Å². The van der Waals surface area contributed by atoms with Crippen molar-refractivity contribution in [2.75, 3.05) is 19.6 Å². The van der Waals surface area contributed by atoms with E-state index in [-0.39, 0.29) is 24.1 Å². The van der Waals surface area contributed by atoms with Crippen LogP contribution >= 0.6 is 0 Å². The summed E-state index contributed by atoms with van der Waals surface area (Å²) in [6.07, 6.45) is -4.78. The SMILES string of the molecule is CC(=O)Cc1cccc(C(=O)NCc2ccc(F)c(-c3cccc(CN4CCN[C@@H](C)C4)c3)c2)c1.O=C(O)C(F)(F)F. The van der Waals surface area contributed by atoms with Crippen LogP contribution in [0.3, 0.4) is 0 Å². The number of carbonyl (C=O) groups is 3. The molecule has 3 aromatic carbocycles. The maximum Gasteiger partial charge on any atom is 0.490 e. The zero-order valence-corrected chi connectivity index (χ0v) is 23.3. The van der Waals surface area contributed by atoms with E-state index in [1.54, 1.807) is 30.3 Å². The molecule has 0 bridgehead atoms. The molecule has 1 heterocycles. The first-order valence-electron chi connectivity index (χ1n) is 13.3. The van der Waals surface area contributed by atoms with Crippen LogP contribution in [-0.4, -0.2) is 59.5 Å². The minimum Gasteiger partial charge on any atom is -0.475 e. The van der Waals surface area contributed by atoms with E-state index in [0.717, 1.165) is 48.4 Å². The molecule has 3 aromatic rings. The fourth-order valence-corrected chi connectivity index (χ4v) is 4.55. The lowest BCUT2D eigenvalue weighted by molar-refractivity contribution is -0.192. The van der Waals surface area contributed by atoms with Gasteiger partial charge in [0.15, 0.2) is 0 Å². The second-order valence-corrected chi connectivity index (χ2v) is 10.2. The highest BCUT2D eigenvalue weighted by Crippen LogP contribution is 2.26. The number of piperazine rings is 1. The molecule has 0 spiro atoms. The molecule has 1 atom stereocenters. The van der Waals surface area contributed by atoms with E-state index in [9.17, 15) is 27.2 Å². The second-order valence-electron chi connectivity index (χ2n) is 10.2. The van der Waals surface area contributed by atoms with E-state index >= 15 is 0 Å². The quantitative estimate of drug-likeness (QED) is 0.322. The van der Waals surface area contributed by atoms with Crippen LogP contribution in [-0.2, 0) is 29.1 Å². The fraction of sp³-hybridized carbons (Fsp3) is 0.323. The molecule has 1 fully saturated rings. The highest BCUT2D eigenvalue weighted by molar-refractivity contribution is 5.94. The Kier molecular flexibility index (Phi) is 11.3. The summed E-state index contributed by atoms with van der Waals surface area (Å²) in [5.41, 5.74) is 4.63. The first-order valence-corrected chi connectivity index (χ1v) is 13.3. The van der Waals surface area contributed by atoms with Gasteiger partial charge < -0.3 is 15.7 Å². The average molecular weight is 588 g/mol. The topological polar surface area (TPSA) is 98.7 Å². The number of ketones is 1. The van der Waals surface area contributed by atoms with Gasteiger partial charge in [-0.25, -0.2) is 9.18 Å². The van der Waals surface area contributed by atoms with Gasteiger partial charge >= 0.3 is 12.1 Å². The van der Waals surface area contributed by atoms with E-state index in [0.29, 0.717) is 23.6 Å². The van der Waals surface area contributed by atoms with Crippen LogP contribution in [0.1, 0.15) is 40.9 Å².